The molecular weight excluding hydrogens is 375 g/mol. The zero-order chi connectivity index (χ0) is 16.9. The predicted molar refractivity (Wildman–Crippen MR) is 93.8 cm³/mol. The molecule has 0 fully saturated rings. The van der Waals surface area contributed by atoms with Crippen molar-refractivity contribution >= 4 is 39.2 Å². The van der Waals surface area contributed by atoms with Gasteiger partial charge in [-0.25, -0.2) is 4.39 Å². The van der Waals surface area contributed by atoms with Crippen molar-refractivity contribution in [1.82, 2.24) is 10.2 Å². The van der Waals surface area contributed by atoms with E-state index in [9.17, 15) is 9.18 Å². The maximum Gasteiger partial charge on any atom is 0.258 e. The molecule has 120 valence electrons. The molecule has 0 unspecified atom stereocenters. The van der Waals surface area contributed by atoms with Gasteiger partial charge in [0.1, 0.15) is 5.82 Å². The molecule has 1 amide bonds. The van der Waals surface area contributed by atoms with Crippen molar-refractivity contribution in [2.45, 2.75) is 0 Å². The number of carbonyl (C=O) groups is 1. The number of hydrogen-bond acceptors (Lipinski definition) is 4. The minimum absolute atomic E-state index is 0.281. The summed E-state index contributed by atoms with van der Waals surface area (Å²) < 4.78 is 13.6. The molecule has 1 aromatic heterocycles. The van der Waals surface area contributed by atoms with Gasteiger partial charge in [0, 0.05) is 10.2 Å². The first-order chi connectivity index (χ1) is 11.6. The molecular formula is C17H12BrFN4O. The first kappa shape index (κ1) is 16.1. The fourth-order valence-corrected chi connectivity index (χ4v) is 2.44. The number of carbonyl (C=O) groups excluding carboxylic acids is 1. The van der Waals surface area contributed by atoms with Crippen molar-refractivity contribution in [1.29, 1.82) is 0 Å². The third kappa shape index (κ3) is 3.94. The summed E-state index contributed by atoms with van der Waals surface area (Å²) in [5.41, 5.74) is 1.20. The normalized spacial score (nSPS) is 10.2. The molecule has 0 aliphatic heterocycles. The molecule has 1 heterocycles. The van der Waals surface area contributed by atoms with Crippen LogP contribution in [0.4, 0.5) is 21.7 Å². The van der Waals surface area contributed by atoms with E-state index in [1.54, 1.807) is 42.5 Å². The maximum absolute atomic E-state index is 12.9. The molecule has 5 nitrogen and oxygen atoms in total. The van der Waals surface area contributed by atoms with Crippen LogP contribution in [-0.2, 0) is 0 Å². The predicted octanol–water partition coefficient (Wildman–Crippen LogP) is 4.37. The summed E-state index contributed by atoms with van der Waals surface area (Å²) in [5, 5.41) is 13.6. The van der Waals surface area contributed by atoms with Crippen molar-refractivity contribution < 1.29 is 9.18 Å². The summed E-state index contributed by atoms with van der Waals surface area (Å²) >= 11 is 3.33. The molecule has 2 aromatic carbocycles. The van der Waals surface area contributed by atoms with Crippen molar-refractivity contribution in [3.05, 3.63) is 76.5 Å². The van der Waals surface area contributed by atoms with Crippen molar-refractivity contribution in [3.8, 4) is 0 Å². The number of hydrogen-bond donors (Lipinski definition) is 2. The zero-order valence-corrected chi connectivity index (χ0v) is 13.9. The van der Waals surface area contributed by atoms with E-state index >= 15 is 0 Å². The Kier molecular flexibility index (Phi) is 4.81. The Morgan fingerprint density at radius 2 is 1.58 bits per heavy atom. The number of halogens is 2. The summed E-state index contributed by atoms with van der Waals surface area (Å²) in [6.07, 6.45) is 0. The van der Waals surface area contributed by atoms with Crippen LogP contribution in [0.1, 0.15) is 10.4 Å². The van der Waals surface area contributed by atoms with E-state index in [-0.39, 0.29) is 11.7 Å². The molecule has 0 aliphatic rings. The number of benzene rings is 2. The summed E-state index contributed by atoms with van der Waals surface area (Å²) in [7, 11) is 0. The van der Waals surface area contributed by atoms with Gasteiger partial charge in [0.05, 0.1) is 5.56 Å². The van der Waals surface area contributed by atoms with Gasteiger partial charge in [-0.2, -0.15) is 0 Å². The van der Waals surface area contributed by atoms with Gasteiger partial charge < -0.3 is 10.6 Å². The number of aromatic nitrogens is 2. The van der Waals surface area contributed by atoms with Gasteiger partial charge in [-0.15, -0.1) is 10.2 Å². The Hall–Kier alpha value is -2.80. The Labute approximate surface area is 146 Å². The van der Waals surface area contributed by atoms with E-state index < -0.39 is 0 Å². The van der Waals surface area contributed by atoms with Crippen LogP contribution in [0.15, 0.2) is 65.1 Å². The van der Waals surface area contributed by atoms with Crippen LogP contribution in [-0.4, -0.2) is 16.1 Å². The lowest BCUT2D eigenvalue weighted by Gasteiger charge is -2.07. The average molecular weight is 387 g/mol. The van der Waals surface area contributed by atoms with E-state index in [4.69, 9.17) is 0 Å². The summed E-state index contributed by atoms with van der Waals surface area (Å²) in [4.78, 5) is 12.2. The number of rotatable bonds is 4. The molecule has 0 spiro atoms. The quantitative estimate of drug-likeness (QED) is 0.698. The molecule has 24 heavy (non-hydrogen) atoms. The first-order valence-corrected chi connectivity index (χ1v) is 7.83. The number of amides is 1. The Morgan fingerprint density at radius 1 is 0.917 bits per heavy atom. The highest BCUT2D eigenvalue weighted by Crippen LogP contribution is 2.18. The second-order valence-corrected chi connectivity index (χ2v) is 5.72. The molecule has 2 N–H and O–H groups in total. The molecule has 7 heteroatoms. The maximum atomic E-state index is 12.9. The van der Waals surface area contributed by atoms with Gasteiger partial charge in [0.2, 0.25) is 0 Å². The molecule has 0 radical (unpaired) electrons. The van der Waals surface area contributed by atoms with E-state index in [1.165, 1.54) is 12.1 Å². The highest BCUT2D eigenvalue weighted by molar-refractivity contribution is 9.10. The second-order valence-electron chi connectivity index (χ2n) is 4.87. The lowest BCUT2D eigenvalue weighted by atomic mass is 10.2. The number of anilines is 3. The SMILES string of the molecule is O=C(Nc1ccc(Nc2ccc(F)cc2)nn1)c1ccccc1Br. The fraction of sp³-hybridized carbons (Fsp3) is 0. The minimum atomic E-state index is -0.309. The van der Waals surface area contributed by atoms with Crippen LogP contribution in [0, 0.1) is 5.82 Å². The fourth-order valence-electron chi connectivity index (χ4n) is 1.98. The third-order valence-corrected chi connectivity index (χ3v) is 3.83. The third-order valence-electron chi connectivity index (χ3n) is 3.14. The Morgan fingerprint density at radius 3 is 2.25 bits per heavy atom. The molecule has 3 rings (SSSR count). The topological polar surface area (TPSA) is 66.9 Å². The number of nitrogens with one attached hydrogen (secondary N) is 2. The van der Waals surface area contributed by atoms with Crippen LogP contribution in [0.2, 0.25) is 0 Å². The summed E-state index contributed by atoms with van der Waals surface area (Å²) in [6, 6.07) is 16.3. The first-order valence-electron chi connectivity index (χ1n) is 7.04. The van der Waals surface area contributed by atoms with Gasteiger partial charge in [-0.3, -0.25) is 4.79 Å². The van der Waals surface area contributed by atoms with Gasteiger partial charge in [0.15, 0.2) is 11.6 Å². The molecule has 0 aliphatic carbocycles. The van der Waals surface area contributed by atoms with Gasteiger partial charge in [0.25, 0.3) is 5.91 Å². The molecule has 0 saturated carbocycles. The van der Waals surface area contributed by atoms with E-state index in [0.717, 1.165) is 0 Å². The second kappa shape index (κ2) is 7.18. The van der Waals surface area contributed by atoms with Crippen LogP contribution >= 0.6 is 15.9 Å². The lowest BCUT2D eigenvalue weighted by Crippen LogP contribution is -2.14. The molecule has 3 aromatic rings. The largest absolute Gasteiger partial charge is 0.339 e. The molecule has 0 bridgehead atoms. The Balaban J connectivity index is 1.67. The van der Waals surface area contributed by atoms with Crippen LogP contribution in [0.5, 0.6) is 0 Å². The van der Waals surface area contributed by atoms with Gasteiger partial charge in [-0.05, 0) is 64.5 Å². The van der Waals surface area contributed by atoms with Crippen molar-refractivity contribution in [3.63, 3.8) is 0 Å². The monoisotopic (exact) mass is 386 g/mol. The van der Waals surface area contributed by atoms with E-state index in [0.29, 0.717) is 27.4 Å². The zero-order valence-electron chi connectivity index (χ0n) is 12.3. The van der Waals surface area contributed by atoms with Crippen molar-refractivity contribution in [2.75, 3.05) is 10.6 Å². The van der Waals surface area contributed by atoms with Gasteiger partial charge >= 0.3 is 0 Å². The van der Waals surface area contributed by atoms with E-state index in [2.05, 4.69) is 36.8 Å². The number of nitrogens with zero attached hydrogens (tertiary/aromatic N) is 2. The molecule has 0 saturated heterocycles. The van der Waals surface area contributed by atoms with Crippen molar-refractivity contribution in [2.24, 2.45) is 0 Å². The van der Waals surface area contributed by atoms with Crippen LogP contribution in [0.3, 0.4) is 0 Å². The summed E-state index contributed by atoms with van der Waals surface area (Å²) in [6.45, 7) is 0. The van der Waals surface area contributed by atoms with Crippen LogP contribution < -0.4 is 10.6 Å². The van der Waals surface area contributed by atoms with Gasteiger partial charge in [-0.1, -0.05) is 12.1 Å². The Bertz CT molecular complexity index is 853. The highest BCUT2D eigenvalue weighted by Gasteiger charge is 2.10. The summed E-state index contributed by atoms with van der Waals surface area (Å²) in [5.74, 6) is 0.230. The smallest absolute Gasteiger partial charge is 0.258 e. The minimum Gasteiger partial charge on any atom is -0.339 e. The van der Waals surface area contributed by atoms with Crippen LogP contribution in [0.25, 0.3) is 0 Å². The molecule has 0 atom stereocenters. The lowest BCUT2D eigenvalue weighted by molar-refractivity contribution is 0.102. The standard InChI is InChI=1S/C17H12BrFN4O/c18-14-4-2-1-3-13(14)17(24)21-16-10-9-15(22-23-16)20-12-7-5-11(19)6-8-12/h1-10H,(H,20,22)(H,21,23,24). The average Bonchev–Trinajstić information content (AvgIpc) is 2.59. The van der Waals surface area contributed by atoms with E-state index in [1.807, 2.05) is 6.07 Å². The highest BCUT2D eigenvalue weighted by atomic mass is 79.9.